The Labute approximate surface area is 164 Å². The molecular formula is C23H23N3O2. The first kappa shape index (κ1) is 17.0. The fourth-order valence-corrected chi connectivity index (χ4v) is 4.58. The van der Waals surface area contributed by atoms with Crippen LogP contribution in [0.15, 0.2) is 53.1 Å². The smallest absolute Gasteiger partial charge is 0.321 e. The fraction of sp³-hybridized carbons (Fsp3) is 0.304. The summed E-state index contributed by atoms with van der Waals surface area (Å²) < 4.78 is 5.55. The summed E-state index contributed by atoms with van der Waals surface area (Å²) in [4.78, 5) is 19.3. The second-order valence-corrected chi connectivity index (χ2v) is 7.92. The number of piperidine rings is 1. The van der Waals surface area contributed by atoms with E-state index in [-0.39, 0.29) is 6.03 Å². The van der Waals surface area contributed by atoms with E-state index in [1.165, 1.54) is 11.1 Å². The Morgan fingerprint density at radius 3 is 2.46 bits per heavy atom. The number of amides is 2. The Hall–Kier alpha value is -3.08. The van der Waals surface area contributed by atoms with E-state index in [1.807, 2.05) is 36.9 Å². The molecule has 2 aromatic carbocycles. The Morgan fingerprint density at radius 1 is 1.11 bits per heavy atom. The molecule has 5 heteroatoms. The molecule has 2 heterocycles. The van der Waals surface area contributed by atoms with Gasteiger partial charge in [0.2, 0.25) is 5.89 Å². The van der Waals surface area contributed by atoms with Crippen LogP contribution in [0.3, 0.4) is 0 Å². The molecule has 1 N–H and O–H groups in total. The number of likely N-dealkylation sites (tertiary alicyclic amines) is 1. The number of benzene rings is 2. The van der Waals surface area contributed by atoms with E-state index < -0.39 is 0 Å². The van der Waals surface area contributed by atoms with Crippen molar-refractivity contribution in [2.45, 2.75) is 32.1 Å². The van der Waals surface area contributed by atoms with E-state index in [0.717, 1.165) is 42.0 Å². The zero-order valence-corrected chi connectivity index (χ0v) is 16.1. The average Bonchev–Trinajstić information content (AvgIpc) is 3.25. The maximum absolute atomic E-state index is 13.0. The van der Waals surface area contributed by atoms with E-state index in [2.05, 4.69) is 34.6 Å². The van der Waals surface area contributed by atoms with Gasteiger partial charge in [-0.3, -0.25) is 0 Å². The number of carbonyl (C=O) groups excluding carboxylic acids is 1. The van der Waals surface area contributed by atoms with Gasteiger partial charge >= 0.3 is 6.03 Å². The normalized spacial score (nSPS) is 20.1. The molecule has 1 aromatic heterocycles. The fourth-order valence-electron chi connectivity index (χ4n) is 4.58. The SMILES string of the molecule is Cc1coc(-c2cc(NC(=O)N3CC4CC(C3)c3ccccc34)ccc2C)n1. The van der Waals surface area contributed by atoms with Gasteiger partial charge in [-0.1, -0.05) is 30.3 Å². The molecule has 5 rings (SSSR count). The number of hydrogen-bond acceptors (Lipinski definition) is 3. The molecular weight excluding hydrogens is 350 g/mol. The number of nitrogens with zero attached hydrogens (tertiary/aromatic N) is 2. The first-order valence-electron chi connectivity index (χ1n) is 9.76. The quantitative estimate of drug-likeness (QED) is 0.682. The highest BCUT2D eigenvalue weighted by Crippen LogP contribution is 2.45. The minimum atomic E-state index is -0.0408. The van der Waals surface area contributed by atoms with Crippen molar-refractivity contribution in [3.8, 4) is 11.5 Å². The third-order valence-corrected chi connectivity index (χ3v) is 5.95. The van der Waals surface area contributed by atoms with Crippen molar-refractivity contribution in [3.05, 3.63) is 71.1 Å². The summed E-state index contributed by atoms with van der Waals surface area (Å²) in [6.45, 7) is 5.46. The molecule has 28 heavy (non-hydrogen) atoms. The Kier molecular flexibility index (Phi) is 3.97. The highest BCUT2D eigenvalue weighted by molar-refractivity contribution is 5.90. The molecule has 2 aliphatic rings. The zero-order chi connectivity index (χ0) is 19.3. The lowest BCUT2D eigenvalue weighted by atomic mass is 9.96. The summed E-state index contributed by atoms with van der Waals surface area (Å²) in [7, 11) is 0. The van der Waals surface area contributed by atoms with Crippen molar-refractivity contribution in [1.82, 2.24) is 9.88 Å². The van der Waals surface area contributed by atoms with Crippen molar-refractivity contribution < 1.29 is 9.21 Å². The molecule has 2 atom stereocenters. The van der Waals surface area contributed by atoms with E-state index in [9.17, 15) is 4.79 Å². The number of fused-ring (bicyclic) bond motifs is 5. The summed E-state index contributed by atoms with van der Waals surface area (Å²) in [5.41, 5.74) is 6.40. The van der Waals surface area contributed by atoms with Gasteiger partial charge in [-0.15, -0.1) is 0 Å². The maximum atomic E-state index is 13.0. The number of oxazole rings is 1. The van der Waals surface area contributed by atoms with Crippen LogP contribution >= 0.6 is 0 Å². The molecule has 1 aliphatic carbocycles. The van der Waals surface area contributed by atoms with Gasteiger partial charge in [-0.05, 0) is 49.1 Å². The molecule has 1 saturated heterocycles. The predicted molar refractivity (Wildman–Crippen MR) is 109 cm³/mol. The second kappa shape index (κ2) is 6.51. The van der Waals surface area contributed by atoms with Gasteiger partial charge in [0, 0.05) is 36.2 Å². The first-order chi connectivity index (χ1) is 13.6. The molecule has 0 saturated carbocycles. The standard InChI is InChI=1S/C23H23N3O2/c1-14-7-8-18(10-21(14)22-24-15(2)13-28-22)25-23(27)26-11-16-9-17(12-26)20-6-4-3-5-19(16)20/h3-8,10,13,16-17H,9,11-12H2,1-2H3,(H,25,27). The van der Waals surface area contributed by atoms with E-state index in [4.69, 9.17) is 4.42 Å². The van der Waals surface area contributed by atoms with Crippen LogP contribution in [0.4, 0.5) is 10.5 Å². The Morgan fingerprint density at radius 2 is 1.82 bits per heavy atom. The molecule has 5 nitrogen and oxygen atoms in total. The summed E-state index contributed by atoms with van der Waals surface area (Å²) in [5, 5.41) is 3.07. The van der Waals surface area contributed by atoms with Crippen molar-refractivity contribution in [2.24, 2.45) is 0 Å². The number of urea groups is 1. The lowest BCUT2D eigenvalue weighted by Gasteiger charge is -2.32. The third kappa shape index (κ3) is 2.87. The minimum absolute atomic E-state index is 0.0408. The number of aromatic nitrogens is 1. The van der Waals surface area contributed by atoms with Crippen LogP contribution in [0, 0.1) is 13.8 Å². The van der Waals surface area contributed by atoms with Gasteiger partial charge in [0.15, 0.2) is 0 Å². The van der Waals surface area contributed by atoms with Gasteiger partial charge in [-0.2, -0.15) is 0 Å². The van der Waals surface area contributed by atoms with Crippen molar-refractivity contribution in [2.75, 3.05) is 18.4 Å². The second-order valence-electron chi connectivity index (χ2n) is 7.92. The number of carbonyl (C=O) groups is 1. The maximum Gasteiger partial charge on any atom is 0.321 e. The van der Waals surface area contributed by atoms with Crippen LogP contribution in [0.5, 0.6) is 0 Å². The van der Waals surface area contributed by atoms with Gasteiger partial charge < -0.3 is 14.6 Å². The van der Waals surface area contributed by atoms with Crippen LogP contribution in [0.2, 0.25) is 0 Å². The monoisotopic (exact) mass is 373 g/mol. The number of hydrogen-bond donors (Lipinski definition) is 1. The molecule has 1 fully saturated rings. The summed E-state index contributed by atoms with van der Waals surface area (Å²) in [5.74, 6) is 1.48. The van der Waals surface area contributed by atoms with E-state index in [1.54, 1.807) is 6.26 Å². The van der Waals surface area contributed by atoms with Crippen LogP contribution in [-0.2, 0) is 0 Å². The van der Waals surface area contributed by atoms with Gasteiger partial charge in [-0.25, -0.2) is 9.78 Å². The molecule has 0 radical (unpaired) electrons. The van der Waals surface area contributed by atoms with Crippen LogP contribution in [0.1, 0.15) is 40.6 Å². The molecule has 0 spiro atoms. The van der Waals surface area contributed by atoms with Gasteiger partial charge in [0.05, 0.1) is 5.69 Å². The molecule has 142 valence electrons. The highest BCUT2D eigenvalue weighted by atomic mass is 16.3. The van der Waals surface area contributed by atoms with Crippen LogP contribution in [0.25, 0.3) is 11.5 Å². The molecule has 2 bridgehead atoms. The van der Waals surface area contributed by atoms with Crippen molar-refractivity contribution in [1.29, 1.82) is 0 Å². The highest BCUT2D eigenvalue weighted by Gasteiger charge is 2.38. The summed E-state index contributed by atoms with van der Waals surface area (Å²) in [6, 6.07) is 14.4. The molecule has 2 unspecified atom stereocenters. The lowest BCUT2D eigenvalue weighted by Crippen LogP contribution is -2.42. The zero-order valence-electron chi connectivity index (χ0n) is 16.1. The Bertz CT molecular complexity index is 1020. The average molecular weight is 373 g/mol. The van der Waals surface area contributed by atoms with Crippen LogP contribution < -0.4 is 5.32 Å². The van der Waals surface area contributed by atoms with Crippen molar-refractivity contribution in [3.63, 3.8) is 0 Å². The van der Waals surface area contributed by atoms with Crippen LogP contribution in [-0.4, -0.2) is 29.0 Å². The predicted octanol–water partition coefficient (Wildman–Crippen LogP) is 5.08. The summed E-state index contributed by atoms with van der Waals surface area (Å²) >= 11 is 0. The lowest BCUT2D eigenvalue weighted by molar-refractivity contribution is 0.191. The van der Waals surface area contributed by atoms with E-state index >= 15 is 0 Å². The Balaban J connectivity index is 1.34. The molecule has 1 aliphatic heterocycles. The number of rotatable bonds is 2. The molecule has 2 amide bonds. The first-order valence-corrected chi connectivity index (χ1v) is 9.76. The number of nitrogens with one attached hydrogen (secondary N) is 1. The molecule has 3 aromatic rings. The third-order valence-electron chi connectivity index (χ3n) is 5.95. The van der Waals surface area contributed by atoms with Gasteiger partial charge in [0.1, 0.15) is 6.26 Å². The number of anilines is 1. The topological polar surface area (TPSA) is 58.4 Å². The minimum Gasteiger partial charge on any atom is -0.444 e. The number of aryl methyl sites for hydroxylation is 2. The van der Waals surface area contributed by atoms with Crippen molar-refractivity contribution >= 4 is 11.7 Å². The summed E-state index contributed by atoms with van der Waals surface area (Å²) in [6.07, 6.45) is 2.79. The van der Waals surface area contributed by atoms with Gasteiger partial charge in [0.25, 0.3) is 0 Å². The largest absolute Gasteiger partial charge is 0.444 e. The van der Waals surface area contributed by atoms with E-state index in [0.29, 0.717) is 17.7 Å².